The van der Waals surface area contributed by atoms with Gasteiger partial charge in [0.1, 0.15) is 0 Å². The molecule has 20 heavy (non-hydrogen) atoms. The number of nitrogens with two attached hydrogens (primary N) is 1. The average molecular weight is 313 g/mol. The van der Waals surface area contributed by atoms with Crippen molar-refractivity contribution < 1.29 is 0 Å². The van der Waals surface area contributed by atoms with Gasteiger partial charge < -0.3 is 10.6 Å². The molecular weight excluding hydrogens is 288 g/mol. The lowest BCUT2D eigenvalue weighted by atomic mass is 10.0. The van der Waals surface area contributed by atoms with Crippen LogP contribution < -0.4 is 10.6 Å². The highest BCUT2D eigenvalue weighted by Crippen LogP contribution is 2.34. The highest BCUT2D eigenvalue weighted by Gasteiger charge is 2.24. The molecule has 0 spiro atoms. The van der Waals surface area contributed by atoms with Crippen molar-refractivity contribution in [3.8, 4) is 0 Å². The molecule has 1 heterocycles. The predicted molar refractivity (Wildman–Crippen MR) is 92.2 cm³/mol. The number of benzene rings is 1. The minimum atomic E-state index is 0.174. The number of thioether (sulfide) groups is 1. The molecule has 1 unspecified atom stereocenters. The van der Waals surface area contributed by atoms with Gasteiger partial charge in [-0.25, -0.2) is 0 Å². The molecule has 0 aromatic heterocycles. The number of nitrogens with zero attached hydrogens (tertiary/aromatic N) is 1. The summed E-state index contributed by atoms with van der Waals surface area (Å²) in [6.07, 6.45) is 2.10. The first kappa shape index (κ1) is 16.0. The molecule has 1 aliphatic rings. The van der Waals surface area contributed by atoms with Crippen molar-refractivity contribution in [2.45, 2.75) is 44.4 Å². The normalized spacial score (nSPS) is 20.6. The van der Waals surface area contributed by atoms with Crippen LogP contribution in [0.2, 0.25) is 5.02 Å². The van der Waals surface area contributed by atoms with Crippen molar-refractivity contribution in [2.24, 2.45) is 5.73 Å². The van der Waals surface area contributed by atoms with Gasteiger partial charge in [0.15, 0.2) is 0 Å². The quantitative estimate of drug-likeness (QED) is 0.916. The Morgan fingerprint density at radius 3 is 2.85 bits per heavy atom. The zero-order chi connectivity index (χ0) is 14.8. The van der Waals surface area contributed by atoms with Crippen LogP contribution in [0.5, 0.6) is 0 Å². The maximum Gasteiger partial charge on any atom is 0.0426 e. The molecular formula is C16H25ClN2S. The third-order valence-electron chi connectivity index (χ3n) is 3.77. The van der Waals surface area contributed by atoms with Gasteiger partial charge in [0, 0.05) is 40.3 Å². The first-order chi connectivity index (χ1) is 9.37. The lowest BCUT2D eigenvalue weighted by Gasteiger charge is -2.27. The summed E-state index contributed by atoms with van der Waals surface area (Å²) in [4.78, 5) is 2.48. The minimum Gasteiger partial charge on any atom is -0.370 e. The van der Waals surface area contributed by atoms with Gasteiger partial charge in [-0.3, -0.25) is 0 Å². The predicted octanol–water partition coefficient (Wildman–Crippen LogP) is 3.95. The van der Waals surface area contributed by atoms with E-state index in [2.05, 4.69) is 49.6 Å². The van der Waals surface area contributed by atoms with Crippen LogP contribution in [0.15, 0.2) is 18.2 Å². The van der Waals surface area contributed by atoms with Gasteiger partial charge in [-0.2, -0.15) is 11.8 Å². The van der Waals surface area contributed by atoms with Gasteiger partial charge in [0.2, 0.25) is 0 Å². The van der Waals surface area contributed by atoms with Crippen LogP contribution in [0.3, 0.4) is 0 Å². The van der Waals surface area contributed by atoms with Crippen molar-refractivity contribution in [2.75, 3.05) is 23.7 Å². The van der Waals surface area contributed by atoms with Crippen molar-refractivity contribution in [3.63, 3.8) is 0 Å². The van der Waals surface area contributed by atoms with Gasteiger partial charge in [-0.05, 0) is 37.5 Å². The topological polar surface area (TPSA) is 29.3 Å². The van der Waals surface area contributed by atoms with Gasteiger partial charge in [0.05, 0.1) is 0 Å². The van der Waals surface area contributed by atoms with Crippen LogP contribution in [0, 0.1) is 0 Å². The van der Waals surface area contributed by atoms with Gasteiger partial charge in [-0.15, -0.1) is 0 Å². The number of hydrogen-bond donors (Lipinski definition) is 1. The monoisotopic (exact) mass is 312 g/mol. The first-order valence-corrected chi connectivity index (χ1v) is 8.67. The Hall–Kier alpha value is -0.380. The Balaban J connectivity index is 2.24. The maximum absolute atomic E-state index is 6.21. The fourth-order valence-corrected chi connectivity index (χ4v) is 3.88. The van der Waals surface area contributed by atoms with Gasteiger partial charge >= 0.3 is 0 Å². The number of anilines is 1. The molecule has 1 aromatic carbocycles. The third-order valence-corrected chi connectivity index (χ3v) is 5.38. The molecule has 112 valence electrons. The number of hydrogen-bond acceptors (Lipinski definition) is 3. The average Bonchev–Trinajstić information content (AvgIpc) is 2.52. The van der Waals surface area contributed by atoms with Crippen molar-refractivity contribution >= 4 is 29.1 Å². The number of halogens is 1. The molecule has 1 saturated heterocycles. The molecule has 0 aliphatic carbocycles. The Bertz CT molecular complexity index is 460. The second-order valence-electron chi connectivity index (χ2n) is 6.30. The van der Waals surface area contributed by atoms with E-state index in [4.69, 9.17) is 17.3 Å². The SMILES string of the molecule is CC(N)Cc1ccc(Cl)cc1N1CCSC(C)(C)CC1. The summed E-state index contributed by atoms with van der Waals surface area (Å²) < 4.78 is 0.370. The Morgan fingerprint density at radius 1 is 1.40 bits per heavy atom. The summed E-state index contributed by atoms with van der Waals surface area (Å²) in [7, 11) is 0. The molecule has 2 nitrogen and oxygen atoms in total. The summed E-state index contributed by atoms with van der Waals surface area (Å²) in [6, 6.07) is 6.37. The molecule has 2 rings (SSSR count). The Morgan fingerprint density at radius 2 is 2.15 bits per heavy atom. The van der Waals surface area contributed by atoms with E-state index in [-0.39, 0.29) is 6.04 Å². The summed E-state index contributed by atoms with van der Waals surface area (Å²) in [5.74, 6) is 1.16. The molecule has 1 atom stereocenters. The van der Waals surface area contributed by atoms with E-state index >= 15 is 0 Å². The zero-order valence-electron chi connectivity index (χ0n) is 12.7. The molecule has 4 heteroatoms. The van der Waals surface area contributed by atoms with Crippen LogP contribution in [0.4, 0.5) is 5.69 Å². The van der Waals surface area contributed by atoms with Crippen LogP contribution in [-0.2, 0) is 6.42 Å². The van der Waals surface area contributed by atoms with E-state index in [1.807, 2.05) is 6.07 Å². The summed E-state index contributed by atoms with van der Waals surface area (Å²) >= 11 is 8.27. The number of rotatable bonds is 3. The van der Waals surface area contributed by atoms with E-state index < -0.39 is 0 Å². The zero-order valence-corrected chi connectivity index (χ0v) is 14.2. The molecule has 1 fully saturated rings. The lowest BCUT2D eigenvalue weighted by molar-refractivity contribution is 0.635. The largest absolute Gasteiger partial charge is 0.370 e. The van der Waals surface area contributed by atoms with Crippen LogP contribution >= 0.6 is 23.4 Å². The maximum atomic E-state index is 6.21. The van der Waals surface area contributed by atoms with Crippen molar-refractivity contribution in [1.29, 1.82) is 0 Å². The lowest BCUT2D eigenvalue weighted by Crippen LogP contribution is -2.29. The third kappa shape index (κ3) is 4.31. The van der Waals surface area contributed by atoms with E-state index in [9.17, 15) is 0 Å². The molecule has 0 bridgehead atoms. The van der Waals surface area contributed by atoms with E-state index in [0.29, 0.717) is 4.75 Å². The van der Waals surface area contributed by atoms with E-state index in [0.717, 1.165) is 30.3 Å². The molecule has 0 amide bonds. The van der Waals surface area contributed by atoms with E-state index in [1.165, 1.54) is 17.7 Å². The Labute approximate surface area is 132 Å². The Kier molecular flexibility index (Phi) is 5.27. The second kappa shape index (κ2) is 6.59. The minimum absolute atomic E-state index is 0.174. The molecule has 1 aromatic rings. The van der Waals surface area contributed by atoms with Crippen LogP contribution in [-0.4, -0.2) is 29.6 Å². The van der Waals surface area contributed by atoms with Crippen LogP contribution in [0.25, 0.3) is 0 Å². The highest BCUT2D eigenvalue weighted by molar-refractivity contribution is 8.00. The van der Waals surface area contributed by atoms with Crippen LogP contribution in [0.1, 0.15) is 32.8 Å². The molecule has 0 radical (unpaired) electrons. The van der Waals surface area contributed by atoms with E-state index in [1.54, 1.807) is 0 Å². The van der Waals surface area contributed by atoms with Crippen molar-refractivity contribution in [1.82, 2.24) is 0 Å². The standard InChI is InChI=1S/C16H25ClN2S/c1-12(18)10-13-4-5-14(17)11-15(13)19-7-6-16(2,3)20-9-8-19/h4-5,11-12H,6-10,18H2,1-3H3. The van der Waals surface area contributed by atoms with Gasteiger partial charge in [0.25, 0.3) is 0 Å². The highest BCUT2D eigenvalue weighted by atomic mass is 35.5. The first-order valence-electron chi connectivity index (χ1n) is 7.30. The summed E-state index contributed by atoms with van der Waals surface area (Å²) in [5.41, 5.74) is 8.56. The smallest absolute Gasteiger partial charge is 0.0426 e. The fraction of sp³-hybridized carbons (Fsp3) is 0.625. The molecule has 1 aliphatic heterocycles. The summed E-state index contributed by atoms with van der Waals surface area (Å²) in [6.45, 7) is 8.90. The molecule has 0 saturated carbocycles. The fourth-order valence-electron chi connectivity index (χ4n) is 2.61. The van der Waals surface area contributed by atoms with Crippen molar-refractivity contribution in [3.05, 3.63) is 28.8 Å². The second-order valence-corrected chi connectivity index (χ2v) is 8.54. The molecule has 2 N–H and O–H groups in total. The summed E-state index contributed by atoms with van der Waals surface area (Å²) in [5, 5.41) is 0.810. The van der Waals surface area contributed by atoms with Gasteiger partial charge in [-0.1, -0.05) is 31.5 Å².